The van der Waals surface area contributed by atoms with E-state index in [9.17, 15) is 4.79 Å². The average Bonchev–Trinajstić information content (AvgIpc) is 2.19. The highest BCUT2D eigenvalue weighted by molar-refractivity contribution is 5.67. The first-order valence-electron chi connectivity index (χ1n) is 5.39. The van der Waals surface area contributed by atoms with E-state index in [-0.39, 0.29) is 12.2 Å². The summed E-state index contributed by atoms with van der Waals surface area (Å²) in [5, 5.41) is 5.84. The summed E-state index contributed by atoms with van der Waals surface area (Å²) in [5.41, 5.74) is 0. The molecule has 2 atom stereocenters. The highest BCUT2D eigenvalue weighted by Gasteiger charge is 2.26. The Hall–Kier alpha value is -0.770. The van der Waals surface area contributed by atoms with Crippen molar-refractivity contribution < 1.29 is 9.53 Å². The van der Waals surface area contributed by atoms with Gasteiger partial charge in [0.05, 0.1) is 0 Å². The molecule has 0 bridgehead atoms. The summed E-state index contributed by atoms with van der Waals surface area (Å²) in [6.45, 7) is 2.51. The van der Waals surface area contributed by atoms with Gasteiger partial charge in [0.15, 0.2) is 0 Å². The first-order valence-corrected chi connectivity index (χ1v) is 5.39. The van der Waals surface area contributed by atoms with Gasteiger partial charge in [-0.3, -0.25) is 0 Å². The number of carbonyl (C=O) groups excluding carboxylic acids is 1. The number of alkyl carbamates (subject to hydrolysis) is 1. The van der Waals surface area contributed by atoms with E-state index in [2.05, 4.69) is 10.6 Å². The molecule has 0 saturated heterocycles. The Balaban J connectivity index is 2.36. The van der Waals surface area contributed by atoms with Crippen LogP contribution in [0.4, 0.5) is 4.79 Å². The molecule has 1 aliphatic carbocycles. The molecule has 4 nitrogen and oxygen atoms in total. The molecule has 4 heteroatoms. The molecular formula is C10H20N2O2. The van der Waals surface area contributed by atoms with Crippen LogP contribution < -0.4 is 10.6 Å². The molecule has 2 N–H and O–H groups in total. The lowest BCUT2D eigenvalue weighted by Crippen LogP contribution is -2.44. The van der Waals surface area contributed by atoms with Gasteiger partial charge in [0.1, 0.15) is 6.10 Å². The van der Waals surface area contributed by atoms with Gasteiger partial charge in [-0.2, -0.15) is 0 Å². The fourth-order valence-corrected chi connectivity index (χ4v) is 1.89. The topological polar surface area (TPSA) is 50.4 Å². The minimum atomic E-state index is -0.292. The monoisotopic (exact) mass is 200 g/mol. The third-order valence-electron chi connectivity index (χ3n) is 2.65. The lowest BCUT2D eigenvalue weighted by Gasteiger charge is -2.30. The van der Waals surface area contributed by atoms with Crippen molar-refractivity contribution in [3.05, 3.63) is 0 Å². The molecule has 0 spiro atoms. The fraction of sp³-hybridized carbons (Fsp3) is 0.900. The van der Waals surface area contributed by atoms with Crippen LogP contribution in [0, 0.1) is 0 Å². The number of hydrogen-bond donors (Lipinski definition) is 2. The van der Waals surface area contributed by atoms with E-state index in [0.29, 0.717) is 12.6 Å². The molecule has 82 valence electrons. The summed E-state index contributed by atoms with van der Waals surface area (Å²) in [6, 6.07) is 0.325. The summed E-state index contributed by atoms with van der Waals surface area (Å²) in [5.74, 6) is 0. The minimum absolute atomic E-state index is 0.0419. The maximum atomic E-state index is 11.2. The molecule has 1 aliphatic rings. The van der Waals surface area contributed by atoms with E-state index in [1.807, 2.05) is 14.0 Å². The smallest absolute Gasteiger partial charge is 0.407 e. The highest BCUT2D eigenvalue weighted by atomic mass is 16.6. The number of ether oxygens (including phenoxy) is 1. The number of likely N-dealkylation sites (N-methyl/N-ethyl adjacent to an activating group) is 1. The molecule has 2 unspecified atom stereocenters. The summed E-state index contributed by atoms with van der Waals surface area (Å²) in [4.78, 5) is 11.2. The standard InChI is InChI=1S/C10H20N2O2/c1-3-12-10(13)14-9-7-5-4-6-8(9)11-2/h8-9,11H,3-7H2,1-2H3,(H,12,13). The zero-order valence-electron chi connectivity index (χ0n) is 9.01. The van der Waals surface area contributed by atoms with Crippen molar-refractivity contribution in [1.29, 1.82) is 0 Å². The lowest BCUT2D eigenvalue weighted by atomic mass is 9.92. The van der Waals surface area contributed by atoms with Crippen LogP contribution in [-0.4, -0.2) is 31.8 Å². The molecule has 1 saturated carbocycles. The van der Waals surface area contributed by atoms with Crippen molar-refractivity contribution in [2.75, 3.05) is 13.6 Å². The van der Waals surface area contributed by atoms with Gasteiger partial charge in [0.2, 0.25) is 0 Å². The van der Waals surface area contributed by atoms with Crippen molar-refractivity contribution in [2.45, 2.75) is 44.8 Å². The summed E-state index contributed by atoms with van der Waals surface area (Å²) < 4.78 is 5.32. The quantitative estimate of drug-likeness (QED) is 0.721. The SMILES string of the molecule is CCNC(=O)OC1CCCCC1NC. The molecule has 0 radical (unpaired) electrons. The molecule has 0 heterocycles. The van der Waals surface area contributed by atoms with Crippen LogP contribution in [0.15, 0.2) is 0 Å². The normalized spacial score (nSPS) is 27.0. The number of nitrogens with one attached hydrogen (secondary N) is 2. The minimum Gasteiger partial charge on any atom is -0.445 e. The lowest BCUT2D eigenvalue weighted by molar-refractivity contribution is 0.0549. The predicted molar refractivity (Wildman–Crippen MR) is 55.3 cm³/mol. The predicted octanol–water partition coefficient (Wildman–Crippen LogP) is 1.26. The number of rotatable bonds is 3. The molecule has 0 aromatic heterocycles. The van der Waals surface area contributed by atoms with E-state index < -0.39 is 0 Å². The molecule has 14 heavy (non-hydrogen) atoms. The third-order valence-corrected chi connectivity index (χ3v) is 2.65. The Morgan fingerprint density at radius 2 is 2.14 bits per heavy atom. The number of carbonyl (C=O) groups is 1. The van der Waals surface area contributed by atoms with Crippen molar-refractivity contribution in [1.82, 2.24) is 10.6 Å². The fourth-order valence-electron chi connectivity index (χ4n) is 1.89. The van der Waals surface area contributed by atoms with Crippen molar-refractivity contribution in [3.63, 3.8) is 0 Å². The second-order valence-electron chi connectivity index (χ2n) is 3.65. The van der Waals surface area contributed by atoms with Crippen LogP contribution in [0.2, 0.25) is 0 Å². The molecular weight excluding hydrogens is 180 g/mol. The molecule has 1 amide bonds. The Kier molecular flexibility index (Phi) is 4.73. The van der Waals surface area contributed by atoms with E-state index in [4.69, 9.17) is 4.74 Å². The van der Waals surface area contributed by atoms with Crippen LogP contribution >= 0.6 is 0 Å². The zero-order chi connectivity index (χ0) is 10.4. The Labute approximate surface area is 85.4 Å². The third kappa shape index (κ3) is 3.18. The van der Waals surface area contributed by atoms with Gasteiger partial charge < -0.3 is 15.4 Å². The van der Waals surface area contributed by atoms with Crippen molar-refractivity contribution >= 4 is 6.09 Å². The van der Waals surface area contributed by atoms with Crippen LogP contribution in [0.5, 0.6) is 0 Å². The summed E-state index contributed by atoms with van der Waals surface area (Å²) in [6.07, 6.45) is 4.20. The molecule has 0 aliphatic heterocycles. The second-order valence-corrected chi connectivity index (χ2v) is 3.65. The maximum absolute atomic E-state index is 11.2. The Bertz CT molecular complexity index is 185. The first kappa shape index (κ1) is 11.3. The van der Waals surface area contributed by atoms with Gasteiger partial charge >= 0.3 is 6.09 Å². The largest absolute Gasteiger partial charge is 0.445 e. The van der Waals surface area contributed by atoms with Gasteiger partial charge in [0, 0.05) is 12.6 Å². The van der Waals surface area contributed by atoms with E-state index in [1.165, 1.54) is 6.42 Å². The molecule has 0 aromatic carbocycles. The number of amides is 1. The van der Waals surface area contributed by atoms with Crippen molar-refractivity contribution in [3.8, 4) is 0 Å². The van der Waals surface area contributed by atoms with E-state index in [1.54, 1.807) is 0 Å². The van der Waals surface area contributed by atoms with Gasteiger partial charge in [-0.15, -0.1) is 0 Å². The van der Waals surface area contributed by atoms with Crippen LogP contribution in [0.1, 0.15) is 32.6 Å². The molecule has 1 fully saturated rings. The Morgan fingerprint density at radius 1 is 1.43 bits per heavy atom. The first-order chi connectivity index (χ1) is 6.77. The summed E-state index contributed by atoms with van der Waals surface area (Å²) >= 11 is 0. The maximum Gasteiger partial charge on any atom is 0.407 e. The molecule has 0 aromatic rings. The van der Waals surface area contributed by atoms with Crippen molar-refractivity contribution in [2.24, 2.45) is 0 Å². The number of hydrogen-bond acceptors (Lipinski definition) is 3. The second kappa shape index (κ2) is 5.86. The highest BCUT2D eigenvalue weighted by Crippen LogP contribution is 2.20. The van der Waals surface area contributed by atoms with Gasteiger partial charge in [-0.1, -0.05) is 6.42 Å². The van der Waals surface area contributed by atoms with E-state index >= 15 is 0 Å². The average molecular weight is 200 g/mol. The molecule has 1 rings (SSSR count). The van der Waals surface area contributed by atoms with Gasteiger partial charge in [0.25, 0.3) is 0 Å². The van der Waals surface area contributed by atoms with Crippen LogP contribution in [-0.2, 0) is 4.74 Å². The zero-order valence-corrected chi connectivity index (χ0v) is 9.01. The van der Waals surface area contributed by atoms with Crippen LogP contribution in [0.3, 0.4) is 0 Å². The van der Waals surface area contributed by atoms with Crippen LogP contribution in [0.25, 0.3) is 0 Å². The van der Waals surface area contributed by atoms with Gasteiger partial charge in [-0.05, 0) is 33.2 Å². The van der Waals surface area contributed by atoms with Gasteiger partial charge in [-0.25, -0.2) is 4.79 Å². The Morgan fingerprint density at radius 3 is 2.79 bits per heavy atom. The summed E-state index contributed by atoms with van der Waals surface area (Å²) in [7, 11) is 1.92. The van der Waals surface area contributed by atoms with E-state index in [0.717, 1.165) is 19.3 Å².